The van der Waals surface area contributed by atoms with Crippen LogP contribution in [0.3, 0.4) is 0 Å². The summed E-state index contributed by atoms with van der Waals surface area (Å²) in [7, 11) is 0. The van der Waals surface area contributed by atoms with E-state index in [1.807, 2.05) is 20.1 Å². The van der Waals surface area contributed by atoms with E-state index >= 15 is 0 Å². The monoisotopic (exact) mass is 205 g/mol. The zero-order valence-corrected chi connectivity index (χ0v) is 9.45. The molecule has 0 aromatic rings. The van der Waals surface area contributed by atoms with Gasteiger partial charge >= 0.3 is 5.97 Å². The van der Waals surface area contributed by atoms with Gasteiger partial charge in [0.15, 0.2) is 0 Å². The van der Waals surface area contributed by atoms with Crippen LogP contribution in [0.4, 0.5) is 0 Å². The van der Waals surface area contributed by atoms with Crippen molar-refractivity contribution in [1.29, 1.82) is 0 Å². The summed E-state index contributed by atoms with van der Waals surface area (Å²) in [5, 5.41) is 3.11. The molecular weight excluding hydrogens is 186 g/mol. The maximum Gasteiger partial charge on any atom is 0.323 e. The van der Waals surface area contributed by atoms with E-state index in [1.54, 1.807) is 11.8 Å². The number of carbonyl (C=O) groups excluding carboxylic acids is 1. The molecule has 4 heteroatoms. The van der Waals surface area contributed by atoms with Gasteiger partial charge in [-0.1, -0.05) is 6.92 Å². The summed E-state index contributed by atoms with van der Waals surface area (Å²) < 4.78 is 4.94. The van der Waals surface area contributed by atoms with Gasteiger partial charge in [0.25, 0.3) is 0 Å². The summed E-state index contributed by atoms with van der Waals surface area (Å²) in [4.78, 5) is 11.3. The van der Waals surface area contributed by atoms with Crippen molar-refractivity contribution in [1.82, 2.24) is 5.32 Å². The number of hydrogen-bond donors (Lipinski definition) is 1. The van der Waals surface area contributed by atoms with Gasteiger partial charge in [0.2, 0.25) is 0 Å². The van der Waals surface area contributed by atoms with Crippen LogP contribution in [0.5, 0.6) is 0 Å². The molecule has 0 saturated carbocycles. The Bertz CT molecular complexity index is 142. The summed E-state index contributed by atoms with van der Waals surface area (Å²) in [6.45, 7) is 5.08. The third kappa shape index (κ3) is 5.93. The Balaban J connectivity index is 3.83. The van der Waals surface area contributed by atoms with E-state index in [0.29, 0.717) is 6.61 Å². The van der Waals surface area contributed by atoms with Crippen molar-refractivity contribution in [3.8, 4) is 0 Å². The summed E-state index contributed by atoms with van der Waals surface area (Å²) in [5.41, 5.74) is 0. The topological polar surface area (TPSA) is 38.3 Å². The van der Waals surface area contributed by atoms with Crippen molar-refractivity contribution in [2.75, 3.05) is 25.2 Å². The average Bonchev–Trinajstić information content (AvgIpc) is 2.12. The lowest BCUT2D eigenvalue weighted by Crippen LogP contribution is -2.38. The number of esters is 1. The van der Waals surface area contributed by atoms with Gasteiger partial charge in [-0.2, -0.15) is 11.8 Å². The van der Waals surface area contributed by atoms with Crippen LogP contribution in [-0.4, -0.2) is 37.2 Å². The Morgan fingerprint density at radius 2 is 2.23 bits per heavy atom. The molecule has 0 rings (SSSR count). The second kappa shape index (κ2) is 8.38. The van der Waals surface area contributed by atoms with E-state index in [4.69, 9.17) is 4.74 Å². The highest BCUT2D eigenvalue weighted by atomic mass is 32.2. The molecule has 0 aromatic heterocycles. The van der Waals surface area contributed by atoms with Gasteiger partial charge in [0.1, 0.15) is 6.04 Å². The molecule has 0 aliphatic heterocycles. The first kappa shape index (κ1) is 12.8. The van der Waals surface area contributed by atoms with E-state index in [1.165, 1.54) is 0 Å². The lowest BCUT2D eigenvalue weighted by molar-refractivity contribution is -0.145. The minimum absolute atomic E-state index is 0.126. The molecule has 1 N–H and O–H groups in total. The quantitative estimate of drug-likeness (QED) is 0.635. The van der Waals surface area contributed by atoms with Crippen LogP contribution in [0, 0.1) is 0 Å². The van der Waals surface area contributed by atoms with E-state index in [9.17, 15) is 4.79 Å². The molecule has 0 aliphatic rings. The lowest BCUT2D eigenvalue weighted by atomic mass is 10.2. The lowest BCUT2D eigenvalue weighted by Gasteiger charge is -2.15. The second-order valence-electron chi connectivity index (χ2n) is 2.64. The second-order valence-corrected chi connectivity index (χ2v) is 3.63. The van der Waals surface area contributed by atoms with E-state index in [2.05, 4.69) is 5.32 Å². The van der Waals surface area contributed by atoms with Gasteiger partial charge in [0.05, 0.1) is 6.61 Å². The molecule has 3 nitrogen and oxygen atoms in total. The summed E-state index contributed by atoms with van der Waals surface area (Å²) in [6.07, 6.45) is 2.88. The number of thioether (sulfide) groups is 1. The van der Waals surface area contributed by atoms with Crippen molar-refractivity contribution in [2.24, 2.45) is 0 Å². The van der Waals surface area contributed by atoms with Gasteiger partial charge in [0, 0.05) is 0 Å². The van der Waals surface area contributed by atoms with Crippen molar-refractivity contribution in [3.05, 3.63) is 0 Å². The molecule has 13 heavy (non-hydrogen) atoms. The summed E-state index contributed by atoms with van der Waals surface area (Å²) in [5.74, 6) is 0.856. The van der Waals surface area contributed by atoms with Crippen LogP contribution in [-0.2, 0) is 9.53 Å². The van der Waals surface area contributed by atoms with Crippen LogP contribution in [0.15, 0.2) is 0 Å². The maximum absolute atomic E-state index is 11.3. The molecule has 0 bridgehead atoms. The largest absolute Gasteiger partial charge is 0.465 e. The van der Waals surface area contributed by atoms with Crippen molar-refractivity contribution < 1.29 is 9.53 Å². The zero-order chi connectivity index (χ0) is 10.1. The molecule has 0 spiro atoms. The van der Waals surface area contributed by atoms with Gasteiger partial charge in [-0.25, -0.2) is 0 Å². The number of hydrogen-bond acceptors (Lipinski definition) is 4. The van der Waals surface area contributed by atoms with Crippen LogP contribution in [0.25, 0.3) is 0 Å². The Labute approximate surface area is 84.6 Å². The highest BCUT2D eigenvalue weighted by molar-refractivity contribution is 7.98. The SMILES string of the molecule is CCNC(CCSC)C(=O)OCC. The molecule has 0 radical (unpaired) electrons. The predicted octanol–water partition coefficient (Wildman–Crippen LogP) is 1.28. The fourth-order valence-electron chi connectivity index (χ4n) is 1.03. The first-order valence-corrected chi connectivity index (χ1v) is 6.04. The highest BCUT2D eigenvalue weighted by Gasteiger charge is 2.17. The third-order valence-electron chi connectivity index (χ3n) is 1.63. The molecule has 0 aromatic carbocycles. The minimum Gasteiger partial charge on any atom is -0.465 e. The number of ether oxygens (including phenoxy) is 1. The first-order chi connectivity index (χ1) is 6.26. The molecule has 1 unspecified atom stereocenters. The van der Waals surface area contributed by atoms with Gasteiger partial charge < -0.3 is 10.1 Å². The average molecular weight is 205 g/mol. The van der Waals surface area contributed by atoms with E-state index in [0.717, 1.165) is 18.7 Å². The standard InChI is InChI=1S/C9H19NO2S/c1-4-10-8(6-7-13-3)9(11)12-5-2/h8,10H,4-7H2,1-3H3. The van der Waals surface area contributed by atoms with E-state index in [-0.39, 0.29) is 12.0 Å². The number of nitrogens with one attached hydrogen (secondary N) is 1. The van der Waals surface area contributed by atoms with Crippen LogP contribution >= 0.6 is 11.8 Å². The molecule has 0 amide bonds. The van der Waals surface area contributed by atoms with Crippen molar-refractivity contribution in [3.63, 3.8) is 0 Å². The Hall–Kier alpha value is -0.220. The maximum atomic E-state index is 11.3. The minimum atomic E-state index is -0.127. The van der Waals surface area contributed by atoms with Crippen molar-refractivity contribution >= 4 is 17.7 Å². The van der Waals surface area contributed by atoms with Gasteiger partial charge in [-0.3, -0.25) is 4.79 Å². The Morgan fingerprint density at radius 1 is 1.54 bits per heavy atom. The fraction of sp³-hybridized carbons (Fsp3) is 0.889. The molecular formula is C9H19NO2S. The van der Waals surface area contributed by atoms with Crippen LogP contribution in [0.1, 0.15) is 20.3 Å². The molecule has 0 fully saturated rings. The molecule has 1 atom stereocenters. The van der Waals surface area contributed by atoms with Gasteiger partial charge in [-0.15, -0.1) is 0 Å². The Morgan fingerprint density at radius 3 is 2.69 bits per heavy atom. The highest BCUT2D eigenvalue weighted by Crippen LogP contribution is 2.02. The Kier molecular flexibility index (Phi) is 8.24. The normalized spacial score (nSPS) is 12.5. The van der Waals surface area contributed by atoms with Crippen LogP contribution in [0.2, 0.25) is 0 Å². The fourth-order valence-corrected chi connectivity index (χ4v) is 1.50. The molecule has 0 heterocycles. The summed E-state index contributed by atoms with van der Waals surface area (Å²) in [6, 6.07) is -0.127. The number of likely N-dealkylation sites (N-methyl/N-ethyl adjacent to an activating group) is 1. The van der Waals surface area contributed by atoms with Gasteiger partial charge in [-0.05, 0) is 31.9 Å². The predicted molar refractivity (Wildman–Crippen MR) is 57.1 cm³/mol. The zero-order valence-electron chi connectivity index (χ0n) is 8.63. The molecule has 0 saturated heterocycles. The smallest absolute Gasteiger partial charge is 0.323 e. The molecule has 78 valence electrons. The third-order valence-corrected chi connectivity index (χ3v) is 2.28. The first-order valence-electron chi connectivity index (χ1n) is 4.65. The number of rotatable bonds is 7. The molecule has 0 aliphatic carbocycles. The van der Waals surface area contributed by atoms with Crippen molar-refractivity contribution in [2.45, 2.75) is 26.3 Å². The van der Waals surface area contributed by atoms with Crippen LogP contribution < -0.4 is 5.32 Å². The number of carbonyl (C=O) groups is 1. The van der Waals surface area contributed by atoms with E-state index < -0.39 is 0 Å². The summed E-state index contributed by atoms with van der Waals surface area (Å²) >= 11 is 1.74.